The summed E-state index contributed by atoms with van der Waals surface area (Å²) in [7, 11) is 0. The molecule has 1 heterocycles. The van der Waals surface area contributed by atoms with Gasteiger partial charge in [0.1, 0.15) is 0 Å². The lowest BCUT2D eigenvalue weighted by atomic mass is 9.96. The maximum absolute atomic E-state index is 5.99. The third-order valence-electron chi connectivity index (χ3n) is 4.53. The zero-order valence-corrected chi connectivity index (χ0v) is 15.7. The van der Waals surface area contributed by atoms with Crippen molar-refractivity contribution in [2.24, 2.45) is 0 Å². The van der Waals surface area contributed by atoms with Crippen LogP contribution in [0.15, 0.2) is 42.5 Å². The Morgan fingerprint density at radius 1 is 1.12 bits per heavy atom. The zero-order chi connectivity index (χ0) is 18.0. The fourth-order valence-corrected chi connectivity index (χ4v) is 2.97. The summed E-state index contributed by atoms with van der Waals surface area (Å²) in [5.41, 5.74) is 3.99. The van der Waals surface area contributed by atoms with Gasteiger partial charge < -0.3 is 5.32 Å². The molecule has 3 rings (SSSR count). The van der Waals surface area contributed by atoms with Gasteiger partial charge in [0.2, 0.25) is 0 Å². The minimum absolute atomic E-state index is 0.414. The summed E-state index contributed by atoms with van der Waals surface area (Å²) in [5.74, 6) is 0.761. The number of anilines is 1. The van der Waals surface area contributed by atoms with Crippen molar-refractivity contribution in [2.75, 3.05) is 5.32 Å². The quantitative estimate of drug-likeness (QED) is 0.722. The number of aromatic nitrogens is 4. The average molecular weight is 356 g/mol. The van der Waals surface area contributed by atoms with Crippen molar-refractivity contribution in [3.8, 4) is 5.69 Å². The number of aryl methyl sites for hydroxylation is 2. The number of hydrogen-bond donors (Lipinski definition) is 1. The monoisotopic (exact) mass is 355 g/mol. The molecular weight excluding hydrogens is 334 g/mol. The second kappa shape index (κ2) is 6.84. The molecule has 0 unspecified atom stereocenters. The summed E-state index contributed by atoms with van der Waals surface area (Å²) in [6.45, 7) is 8.44. The zero-order valence-electron chi connectivity index (χ0n) is 14.9. The van der Waals surface area contributed by atoms with E-state index in [4.69, 9.17) is 11.6 Å². The highest BCUT2D eigenvalue weighted by Crippen LogP contribution is 2.30. The van der Waals surface area contributed by atoms with E-state index in [9.17, 15) is 0 Å². The van der Waals surface area contributed by atoms with Crippen LogP contribution < -0.4 is 5.32 Å². The van der Waals surface area contributed by atoms with E-state index in [1.165, 1.54) is 11.1 Å². The summed E-state index contributed by atoms with van der Waals surface area (Å²) in [6.07, 6.45) is 0.828. The molecule has 1 atom stereocenters. The first kappa shape index (κ1) is 17.4. The predicted molar refractivity (Wildman–Crippen MR) is 101 cm³/mol. The molecule has 5 nitrogen and oxygen atoms in total. The summed E-state index contributed by atoms with van der Waals surface area (Å²) in [4.78, 5) is 0. The van der Waals surface area contributed by atoms with Gasteiger partial charge in [0, 0.05) is 10.7 Å². The van der Waals surface area contributed by atoms with Crippen LogP contribution in [0.4, 0.5) is 5.69 Å². The highest BCUT2D eigenvalue weighted by atomic mass is 35.5. The fraction of sp³-hybridized carbons (Fsp3) is 0.316. The van der Waals surface area contributed by atoms with Crippen LogP contribution in [0.25, 0.3) is 5.69 Å². The Bertz CT molecular complexity index is 872. The van der Waals surface area contributed by atoms with E-state index < -0.39 is 5.54 Å². The van der Waals surface area contributed by atoms with Gasteiger partial charge in [0.25, 0.3) is 0 Å². The first-order valence-electron chi connectivity index (χ1n) is 8.33. The summed E-state index contributed by atoms with van der Waals surface area (Å²) in [5, 5.41) is 16.7. The van der Waals surface area contributed by atoms with Crippen molar-refractivity contribution < 1.29 is 0 Å². The van der Waals surface area contributed by atoms with Gasteiger partial charge in [-0.05, 0) is 73.5 Å². The Balaban J connectivity index is 2.00. The van der Waals surface area contributed by atoms with E-state index in [1.54, 1.807) is 4.68 Å². The van der Waals surface area contributed by atoms with Crippen LogP contribution in [0.5, 0.6) is 0 Å². The molecule has 0 aliphatic rings. The number of tetrazole rings is 1. The molecule has 25 heavy (non-hydrogen) atoms. The number of halogens is 1. The Hall–Kier alpha value is -2.40. The minimum atomic E-state index is -0.414. The molecule has 130 valence electrons. The Kier molecular flexibility index (Phi) is 4.77. The molecule has 0 radical (unpaired) electrons. The van der Waals surface area contributed by atoms with Crippen LogP contribution in [0, 0.1) is 13.8 Å². The first-order valence-corrected chi connectivity index (χ1v) is 8.71. The molecule has 0 fully saturated rings. The summed E-state index contributed by atoms with van der Waals surface area (Å²) >= 11 is 5.99. The van der Waals surface area contributed by atoms with Gasteiger partial charge in [-0.3, -0.25) is 0 Å². The standard InChI is InChI=1S/C19H22ClN5/c1-5-19(4,21-17-11-6-13(2)12-14(17)3)18-22-23-24-25(18)16-9-7-15(20)8-10-16/h6-12,21H,5H2,1-4H3/t19-/m0/s1. The van der Waals surface area contributed by atoms with Crippen LogP contribution in [-0.4, -0.2) is 20.2 Å². The molecule has 3 aromatic rings. The van der Waals surface area contributed by atoms with Gasteiger partial charge in [-0.1, -0.05) is 36.2 Å². The van der Waals surface area contributed by atoms with E-state index >= 15 is 0 Å². The second-order valence-corrected chi connectivity index (χ2v) is 6.96. The lowest BCUT2D eigenvalue weighted by Gasteiger charge is -2.30. The third-order valence-corrected chi connectivity index (χ3v) is 4.79. The Morgan fingerprint density at radius 3 is 2.48 bits per heavy atom. The van der Waals surface area contributed by atoms with Gasteiger partial charge in [-0.15, -0.1) is 5.10 Å². The number of nitrogens with one attached hydrogen (secondary N) is 1. The van der Waals surface area contributed by atoms with Crippen molar-refractivity contribution >= 4 is 17.3 Å². The molecular formula is C19H22ClN5. The normalized spacial score (nSPS) is 13.5. The van der Waals surface area contributed by atoms with E-state index in [2.05, 4.69) is 66.7 Å². The SMILES string of the molecule is CC[C@](C)(Nc1ccc(C)cc1C)c1nnnn1-c1ccc(Cl)cc1. The van der Waals surface area contributed by atoms with E-state index in [0.717, 1.165) is 23.6 Å². The Morgan fingerprint density at radius 2 is 1.84 bits per heavy atom. The van der Waals surface area contributed by atoms with Crippen molar-refractivity contribution in [3.63, 3.8) is 0 Å². The predicted octanol–water partition coefficient (Wildman–Crippen LogP) is 4.67. The molecule has 0 saturated heterocycles. The van der Waals surface area contributed by atoms with E-state index in [-0.39, 0.29) is 0 Å². The molecule has 6 heteroatoms. The van der Waals surface area contributed by atoms with Crippen molar-refractivity contribution in [2.45, 2.75) is 39.7 Å². The van der Waals surface area contributed by atoms with Crippen molar-refractivity contribution in [1.29, 1.82) is 0 Å². The minimum Gasteiger partial charge on any atom is -0.373 e. The van der Waals surface area contributed by atoms with Crippen LogP contribution in [0.1, 0.15) is 37.2 Å². The maximum atomic E-state index is 5.99. The number of nitrogens with zero attached hydrogens (tertiary/aromatic N) is 4. The molecule has 2 aromatic carbocycles. The van der Waals surface area contributed by atoms with Crippen LogP contribution >= 0.6 is 11.6 Å². The van der Waals surface area contributed by atoms with Gasteiger partial charge in [0.15, 0.2) is 5.82 Å². The van der Waals surface area contributed by atoms with Crippen LogP contribution in [0.3, 0.4) is 0 Å². The lowest BCUT2D eigenvalue weighted by Crippen LogP contribution is -2.35. The fourth-order valence-electron chi connectivity index (χ4n) is 2.84. The topological polar surface area (TPSA) is 55.6 Å². The number of rotatable bonds is 5. The highest BCUT2D eigenvalue weighted by molar-refractivity contribution is 6.30. The van der Waals surface area contributed by atoms with Crippen molar-refractivity contribution in [1.82, 2.24) is 20.2 Å². The summed E-state index contributed by atoms with van der Waals surface area (Å²) < 4.78 is 1.76. The van der Waals surface area contributed by atoms with Crippen LogP contribution in [0.2, 0.25) is 5.02 Å². The molecule has 0 saturated carbocycles. The first-order chi connectivity index (χ1) is 11.9. The largest absolute Gasteiger partial charge is 0.373 e. The smallest absolute Gasteiger partial charge is 0.181 e. The lowest BCUT2D eigenvalue weighted by molar-refractivity contribution is 0.474. The Labute approximate surface area is 153 Å². The van der Waals surface area contributed by atoms with E-state index in [1.807, 2.05) is 24.3 Å². The highest BCUT2D eigenvalue weighted by Gasteiger charge is 2.32. The van der Waals surface area contributed by atoms with E-state index in [0.29, 0.717) is 5.02 Å². The van der Waals surface area contributed by atoms with Gasteiger partial charge in [-0.25, -0.2) is 0 Å². The number of benzene rings is 2. The van der Waals surface area contributed by atoms with Gasteiger partial charge >= 0.3 is 0 Å². The average Bonchev–Trinajstić information content (AvgIpc) is 3.08. The van der Waals surface area contributed by atoms with Crippen molar-refractivity contribution in [3.05, 3.63) is 64.4 Å². The number of hydrogen-bond acceptors (Lipinski definition) is 4. The van der Waals surface area contributed by atoms with Gasteiger partial charge in [-0.2, -0.15) is 4.68 Å². The molecule has 1 N–H and O–H groups in total. The molecule has 1 aromatic heterocycles. The molecule has 0 amide bonds. The maximum Gasteiger partial charge on any atom is 0.181 e. The third kappa shape index (κ3) is 3.51. The molecule has 0 aliphatic carbocycles. The van der Waals surface area contributed by atoms with Gasteiger partial charge in [0.05, 0.1) is 11.2 Å². The second-order valence-electron chi connectivity index (χ2n) is 6.52. The summed E-state index contributed by atoms with van der Waals surface area (Å²) in [6, 6.07) is 13.9. The molecule has 0 bridgehead atoms. The molecule has 0 aliphatic heterocycles. The molecule has 0 spiro atoms. The van der Waals surface area contributed by atoms with Crippen LogP contribution in [-0.2, 0) is 5.54 Å².